The second kappa shape index (κ2) is 6.95. The molecule has 0 bridgehead atoms. The zero-order chi connectivity index (χ0) is 14.4. The average molecular weight is 281 g/mol. The largest absolute Gasteiger partial charge is 0.330 e. The van der Waals surface area contributed by atoms with Crippen molar-refractivity contribution in [1.29, 1.82) is 0 Å². The Morgan fingerprint density at radius 3 is 2.68 bits per heavy atom. The van der Waals surface area contributed by atoms with E-state index in [9.17, 15) is 9.59 Å². The Kier molecular flexibility index (Phi) is 5.57. The van der Waals surface area contributed by atoms with Gasteiger partial charge in [0.2, 0.25) is 11.8 Å². The van der Waals surface area contributed by atoms with E-state index in [0.717, 1.165) is 5.56 Å². The maximum atomic E-state index is 11.9. The van der Waals surface area contributed by atoms with Crippen molar-refractivity contribution < 1.29 is 9.59 Å². The Labute approximate surface area is 118 Å². The number of amides is 2. The number of halogens is 1. The van der Waals surface area contributed by atoms with Crippen LogP contribution in [0.2, 0.25) is 5.02 Å². The van der Waals surface area contributed by atoms with Gasteiger partial charge in [0, 0.05) is 24.2 Å². The maximum Gasteiger partial charge on any atom is 0.244 e. The lowest BCUT2D eigenvalue weighted by Crippen LogP contribution is -2.36. The first-order valence-electron chi connectivity index (χ1n) is 5.86. The Morgan fingerprint density at radius 2 is 2.16 bits per heavy atom. The summed E-state index contributed by atoms with van der Waals surface area (Å²) in [5.41, 5.74) is 1.57. The van der Waals surface area contributed by atoms with Crippen LogP contribution in [0.1, 0.15) is 12.5 Å². The van der Waals surface area contributed by atoms with Crippen LogP contribution in [0.4, 0.5) is 5.69 Å². The van der Waals surface area contributed by atoms with Crippen molar-refractivity contribution in [3.63, 3.8) is 0 Å². The summed E-state index contributed by atoms with van der Waals surface area (Å²) in [5.74, 6) is -0.412. The van der Waals surface area contributed by atoms with Crippen molar-refractivity contribution in [1.82, 2.24) is 4.90 Å². The van der Waals surface area contributed by atoms with E-state index in [2.05, 4.69) is 11.9 Å². The summed E-state index contributed by atoms with van der Waals surface area (Å²) in [4.78, 5) is 24.6. The molecule has 0 unspecified atom stereocenters. The summed E-state index contributed by atoms with van der Waals surface area (Å²) in [6.07, 6.45) is 1.59. The number of carbonyl (C=O) groups excluding carboxylic acids is 2. The minimum absolute atomic E-state index is 0.00339. The van der Waals surface area contributed by atoms with Crippen LogP contribution in [0.5, 0.6) is 0 Å². The van der Waals surface area contributed by atoms with Crippen molar-refractivity contribution in [2.24, 2.45) is 0 Å². The SMILES string of the molecule is C=CCN(CC(=O)Nc1ccc(Cl)cc1C)C(C)=O. The zero-order valence-corrected chi connectivity index (χ0v) is 11.8. The molecule has 1 aromatic carbocycles. The van der Waals surface area contributed by atoms with E-state index in [1.807, 2.05) is 6.92 Å². The first-order valence-corrected chi connectivity index (χ1v) is 6.24. The van der Waals surface area contributed by atoms with Gasteiger partial charge in [0.05, 0.1) is 0 Å². The number of rotatable bonds is 5. The van der Waals surface area contributed by atoms with Gasteiger partial charge < -0.3 is 10.2 Å². The molecule has 0 aromatic heterocycles. The Balaban J connectivity index is 2.68. The van der Waals surface area contributed by atoms with Gasteiger partial charge in [-0.15, -0.1) is 6.58 Å². The Morgan fingerprint density at radius 1 is 1.47 bits per heavy atom. The molecule has 4 nitrogen and oxygen atoms in total. The molecular weight excluding hydrogens is 264 g/mol. The van der Waals surface area contributed by atoms with E-state index >= 15 is 0 Å². The number of nitrogens with one attached hydrogen (secondary N) is 1. The lowest BCUT2D eigenvalue weighted by molar-refractivity contribution is -0.132. The molecule has 0 aliphatic heterocycles. The smallest absolute Gasteiger partial charge is 0.244 e. The normalized spacial score (nSPS) is 9.84. The summed E-state index contributed by atoms with van der Waals surface area (Å²) < 4.78 is 0. The average Bonchev–Trinajstić information content (AvgIpc) is 2.32. The van der Waals surface area contributed by atoms with Gasteiger partial charge in [-0.25, -0.2) is 0 Å². The molecule has 0 atom stereocenters. The number of anilines is 1. The summed E-state index contributed by atoms with van der Waals surface area (Å²) in [5, 5.41) is 3.37. The predicted octanol–water partition coefficient (Wildman–Crippen LogP) is 2.62. The standard InChI is InChI=1S/C14H17ClN2O2/c1-4-7-17(11(3)18)9-14(19)16-13-6-5-12(15)8-10(13)2/h4-6,8H,1,7,9H2,2-3H3,(H,16,19). The molecule has 0 aliphatic carbocycles. The van der Waals surface area contributed by atoms with E-state index in [-0.39, 0.29) is 18.4 Å². The Hall–Kier alpha value is -1.81. The summed E-state index contributed by atoms with van der Waals surface area (Å²) in [7, 11) is 0. The molecule has 0 aliphatic rings. The van der Waals surface area contributed by atoms with Gasteiger partial charge in [0.1, 0.15) is 6.54 Å². The van der Waals surface area contributed by atoms with Gasteiger partial charge in [-0.05, 0) is 30.7 Å². The van der Waals surface area contributed by atoms with E-state index in [1.54, 1.807) is 24.3 Å². The molecule has 0 saturated carbocycles. The molecule has 1 N–H and O–H groups in total. The fraction of sp³-hybridized carbons (Fsp3) is 0.286. The highest BCUT2D eigenvalue weighted by molar-refractivity contribution is 6.30. The minimum Gasteiger partial charge on any atom is -0.330 e. The van der Waals surface area contributed by atoms with E-state index < -0.39 is 0 Å². The fourth-order valence-corrected chi connectivity index (χ4v) is 1.82. The molecule has 0 spiro atoms. The molecule has 5 heteroatoms. The van der Waals surface area contributed by atoms with Crippen molar-refractivity contribution in [2.45, 2.75) is 13.8 Å². The molecular formula is C14H17ClN2O2. The molecule has 1 rings (SSSR count). The summed E-state index contributed by atoms with van der Waals surface area (Å²) >= 11 is 5.84. The topological polar surface area (TPSA) is 49.4 Å². The van der Waals surface area contributed by atoms with Crippen LogP contribution in [-0.2, 0) is 9.59 Å². The fourth-order valence-electron chi connectivity index (χ4n) is 1.59. The van der Waals surface area contributed by atoms with Crippen LogP contribution in [0.3, 0.4) is 0 Å². The molecule has 19 heavy (non-hydrogen) atoms. The third-order valence-corrected chi connectivity index (χ3v) is 2.83. The van der Waals surface area contributed by atoms with Gasteiger partial charge in [-0.3, -0.25) is 9.59 Å². The van der Waals surface area contributed by atoms with Gasteiger partial charge in [0.15, 0.2) is 0 Å². The second-order valence-corrected chi connectivity index (χ2v) is 4.63. The summed E-state index contributed by atoms with van der Waals surface area (Å²) in [6.45, 7) is 7.19. The Bertz CT molecular complexity index is 500. The molecule has 0 radical (unpaired) electrons. The van der Waals surface area contributed by atoms with E-state index in [4.69, 9.17) is 11.6 Å². The number of hydrogen-bond acceptors (Lipinski definition) is 2. The van der Waals surface area contributed by atoms with Crippen molar-refractivity contribution in [3.05, 3.63) is 41.4 Å². The van der Waals surface area contributed by atoms with Crippen LogP contribution in [0, 0.1) is 6.92 Å². The highest BCUT2D eigenvalue weighted by Crippen LogP contribution is 2.19. The highest BCUT2D eigenvalue weighted by Gasteiger charge is 2.12. The van der Waals surface area contributed by atoms with Crippen molar-refractivity contribution in [3.8, 4) is 0 Å². The van der Waals surface area contributed by atoms with Crippen molar-refractivity contribution in [2.75, 3.05) is 18.4 Å². The highest BCUT2D eigenvalue weighted by atomic mass is 35.5. The molecule has 0 saturated heterocycles. The molecule has 2 amide bonds. The molecule has 1 aromatic rings. The number of carbonyl (C=O) groups is 2. The minimum atomic E-state index is -0.248. The quantitative estimate of drug-likeness (QED) is 0.843. The van der Waals surface area contributed by atoms with E-state index in [1.165, 1.54) is 11.8 Å². The third-order valence-electron chi connectivity index (χ3n) is 2.59. The molecule has 0 heterocycles. The van der Waals surface area contributed by atoms with Crippen molar-refractivity contribution >= 4 is 29.1 Å². The molecule has 102 valence electrons. The summed E-state index contributed by atoms with van der Waals surface area (Å²) in [6, 6.07) is 5.21. The van der Waals surface area contributed by atoms with Crippen LogP contribution < -0.4 is 5.32 Å². The lowest BCUT2D eigenvalue weighted by atomic mass is 10.2. The van der Waals surface area contributed by atoms with Crippen LogP contribution in [0.25, 0.3) is 0 Å². The lowest BCUT2D eigenvalue weighted by Gasteiger charge is -2.19. The second-order valence-electron chi connectivity index (χ2n) is 4.20. The van der Waals surface area contributed by atoms with Gasteiger partial charge >= 0.3 is 0 Å². The van der Waals surface area contributed by atoms with Gasteiger partial charge in [-0.1, -0.05) is 17.7 Å². The predicted molar refractivity (Wildman–Crippen MR) is 77.3 cm³/mol. The van der Waals surface area contributed by atoms with Gasteiger partial charge in [-0.2, -0.15) is 0 Å². The number of nitrogens with zero attached hydrogens (tertiary/aromatic N) is 1. The third kappa shape index (κ3) is 4.75. The first kappa shape index (κ1) is 15.2. The molecule has 0 fully saturated rings. The van der Waals surface area contributed by atoms with Crippen LogP contribution >= 0.6 is 11.6 Å². The van der Waals surface area contributed by atoms with E-state index in [0.29, 0.717) is 17.3 Å². The maximum absolute atomic E-state index is 11.9. The van der Waals surface area contributed by atoms with Crippen LogP contribution in [-0.4, -0.2) is 29.8 Å². The number of benzene rings is 1. The number of aryl methyl sites for hydroxylation is 1. The zero-order valence-electron chi connectivity index (χ0n) is 11.1. The first-order chi connectivity index (χ1) is 8.93. The number of hydrogen-bond donors (Lipinski definition) is 1. The van der Waals surface area contributed by atoms with Crippen LogP contribution in [0.15, 0.2) is 30.9 Å². The monoisotopic (exact) mass is 280 g/mol. The van der Waals surface area contributed by atoms with Gasteiger partial charge in [0.25, 0.3) is 0 Å².